The molecule has 0 atom stereocenters. The van der Waals surface area contributed by atoms with E-state index in [9.17, 15) is 4.79 Å². The van der Waals surface area contributed by atoms with Gasteiger partial charge in [0.1, 0.15) is 5.75 Å². The number of rotatable bonds is 6. The third-order valence-corrected chi connectivity index (χ3v) is 3.83. The van der Waals surface area contributed by atoms with Gasteiger partial charge < -0.3 is 10.1 Å². The molecule has 0 aliphatic rings. The molecule has 3 nitrogen and oxygen atoms in total. The van der Waals surface area contributed by atoms with Gasteiger partial charge in [0.05, 0.1) is 4.47 Å². The SMILES string of the molecule is CCc1ccc(OCC(=O)NC(C)(C)CC(C)(C)C)c(Br)c1. The molecule has 0 bridgehead atoms. The number of ether oxygens (including phenoxy) is 1. The minimum Gasteiger partial charge on any atom is -0.483 e. The number of benzene rings is 1. The Bertz CT molecular complexity index is 518. The van der Waals surface area contributed by atoms with E-state index in [1.165, 1.54) is 5.56 Å². The van der Waals surface area contributed by atoms with Gasteiger partial charge in [0.15, 0.2) is 6.61 Å². The molecule has 0 saturated carbocycles. The number of hydrogen-bond acceptors (Lipinski definition) is 2. The second-order valence-corrected chi connectivity index (χ2v) is 8.43. The monoisotopic (exact) mass is 369 g/mol. The van der Waals surface area contributed by atoms with E-state index in [1.807, 2.05) is 32.0 Å². The highest BCUT2D eigenvalue weighted by Gasteiger charge is 2.27. The molecule has 0 heterocycles. The first-order valence-corrected chi connectivity index (χ1v) is 8.54. The van der Waals surface area contributed by atoms with Gasteiger partial charge in [-0.05, 0) is 65.7 Å². The minimum absolute atomic E-state index is 0.0254. The lowest BCUT2D eigenvalue weighted by molar-refractivity contribution is -0.125. The number of amides is 1. The molecule has 22 heavy (non-hydrogen) atoms. The molecule has 1 aromatic carbocycles. The summed E-state index contributed by atoms with van der Waals surface area (Å²) < 4.78 is 6.50. The Morgan fingerprint density at radius 3 is 2.36 bits per heavy atom. The van der Waals surface area contributed by atoms with Crippen LogP contribution in [0.5, 0.6) is 5.75 Å². The van der Waals surface area contributed by atoms with Crippen molar-refractivity contribution in [3.05, 3.63) is 28.2 Å². The summed E-state index contributed by atoms with van der Waals surface area (Å²) in [5.74, 6) is 0.599. The zero-order chi connectivity index (χ0) is 17.0. The molecule has 0 aliphatic carbocycles. The zero-order valence-electron chi connectivity index (χ0n) is 14.5. The van der Waals surface area contributed by atoms with Crippen molar-refractivity contribution in [2.75, 3.05) is 6.61 Å². The fraction of sp³-hybridized carbons (Fsp3) is 0.611. The highest BCUT2D eigenvalue weighted by molar-refractivity contribution is 9.10. The third kappa shape index (κ3) is 6.82. The minimum atomic E-state index is -0.248. The van der Waals surface area contributed by atoms with E-state index in [4.69, 9.17) is 4.74 Å². The Kier molecular flexibility index (Phi) is 6.48. The van der Waals surface area contributed by atoms with E-state index in [0.29, 0.717) is 5.75 Å². The van der Waals surface area contributed by atoms with Gasteiger partial charge in [-0.3, -0.25) is 4.79 Å². The van der Waals surface area contributed by atoms with E-state index in [2.05, 4.69) is 48.9 Å². The van der Waals surface area contributed by atoms with Crippen LogP contribution in [0, 0.1) is 5.41 Å². The average molecular weight is 370 g/mol. The molecular formula is C18H28BrNO2. The second kappa shape index (κ2) is 7.49. The van der Waals surface area contributed by atoms with E-state index < -0.39 is 0 Å². The number of hydrogen-bond donors (Lipinski definition) is 1. The van der Waals surface area contributed by atoms with Crippen LogP contribution >= 0.6 is 15.9 Å². The maximum absolute atomic E-state index is 12.1. The summed E-state index contributed by atoms with van der Waals surface area (Å²) in [5.41, 5.74) is 1.15. The average Bonchev–Trinajstić information content (AvgIpc) is 2.33. The molecule has 1 aromatic rings. The van der Waals surface area contributed by atoms with Crippen molar-refractivity contribution in [1.29, 1.82) is 0 Å². The summed E-state index contributed by atoms with van der Waals surface area (Å²) in [5, 5.41) is 3.05. The molecule has 0 aromatic heterocycles. The van der Waals surface area contributed by atoms with Gasteiger partial charge in [-0.25, -0.2) is 0 Å². The Balaban J connectivity index is 2.56. The Labute approximate surface area is 143 Å². The first-order chi connectivity index (χ1) is 10.0. The van der Waals surface area contributed by atoms with Crippen LogP contribution in [-0.4, -0.2) is 18.1 Å². The molecule has 0 spiro atoms. The predicted molar refractivity (Wildman–Crippen MR) is 95.3 cm³/mol. The van der Waals surface area contributed by atoms with E-state index >= 15 is 0 Å². The summed E-state index contributed by atoms with van der Waals surface area (Å²) >= 11 is 3.48. The van der Waals surface area contributed by atoms with Crippen molar-refractivity contribution in [1.82, 2.24) is 5.32 Å². The quantitative estimate of drug-likeness (QED) is 0.787. The van der Waals surface area contributed by atoms with Crippen LogP contribution in [0.25, 0.3) is 0 Å². The molecule has 0 fully saturated rings. The smallest absolute Gasteiger partial charge is 0.258 e. The largest absolute Gasteiger partial charge is 0.483 e. The second-order valence-electron chi connectivity index (χ2n) is 7.58. The van der Waals surface area contributed by atoms with Gasteiger partial charge in [-0.2, -0.15) is 0 Å². The first kappa shape index (κ1) is 19.0. The fourth-order valence-corrected chi connectivity index (χ4v) is 3.35. The fourth-order valence-electron chi connectivity index (χ4n) is 2.81. The number of nitrogens with one attached hydrogen (secondary N) is 1. The van der Waals surface area contributed by atoms with E-state index in [0.717, 1.165) is 17.3 Å². The van der Waals surface area contributed by atoms with Gasteiger partial charge in [-0.1, -0.05) is 33.8 Å². The standard InChI is InChI=1S/C18H28BrNO2/c1-7-13-8-9-15(14(19)10-13)22-11-16(21)20-18(5,6)12-17(2,3)4/h8-10H,7,11-12H2,1-6H3,(H,20,21). The highest BCUT2D eigenvalue weighted by Crippen LogP contribution is 2.27. The number of aryl methyl sites for hydroxylation is 1. The van der Waals surface area contributed by atoms with Crippen LogP contribution in [0.15, 0.2) is 22.7 Å². The van der Waals surface area contributed by atoms with Crippen molar-refractivity contribution in [3.8, 4) is 5.75 Å². The van der Waals surface area contributed by atoms with Crippen LogP contribution in [0.4, 0.5) is 0 Å². The first-order valence-electron chi connectivity index (χ1n) is 7.75. The van der Waals surface area contributed by atoms with Gasteiger partial charge in [-0.15, -0.1) is 0 Å². The summed E-state index contributed by atoms with van der Waals surface area (Å²) in [6.45, 7) is 12.7. The Morgan fingerprint density at radius 2 is 1.86 bits per heavy atom. The maximum Gasteiger partial charge on any atom is 0.258 e. The topological polar surface area (TPSA) is 38.3 Å². The number of carbonyl (C=O) groups is 1. The maximum atomic E-state index is 12.1. The Hall–Kier alpha value is -1.03. The molecule has 4 heteroatoms. The van der Waals surface area contributed by atoms with Gasteiger partial charge in [0.25, 0.3) is 5.91 Å². The van der Waals surface area contributed by atoms with Gasteiger partial charge >= 0.3 is 0 Å². The van der Waals surface area contributed by atoms with Crippen LogP contribution in [0.3, 0.4) is 0 Å². The normalized spacial score (nSPS) is 12.1. The van der Waals surface area contributed by atoms with Gasteiger partial charge in [0.2, 0.25) is 0 Å². The molecular weight excluding hydrogens is 342 g/mol. The van der Waals surface area contributed by atoms with Gasteiger partial charge in [0, 0.05) is 5.54 Å². The third-order valence-electron chi connectivity index (χ3n) is 3.21. The van der Waals surface area contributed by atoms with Crippen molar-refractivity contribution < 1.29 is 9.53 Å². The molecule has 1 N–H and O–H groups in total. The molecule has 0 radical (unpaired) electrons. The number of carbonyl (C=O) groups excluding carboxylic acids is 1. The van der Waals surface area contributed by atoms with E-state index in [-0.39, 0.29) is 23.5 Å². The van der Waals surface area contributed by atoms with Crippen LogP contribution in [0.2, 0.25) is 0 Å². The predicted octanol–water partition coefficient (Wildman–Crippen LogP) is 4.72. The molecule has 0 unspecified atom stereocenters. The van der Waals surface area contributed by atoms with Crippen molar-refractivity contribution in [2.45, 2.75) is 59.9 Å². The molecule has 124 valence electrons. The summed E-state index contributed by atoms with van der Waals surface area (Å²) in [4.78, 5) is 12.1. The molecule has 0 saturated heterocycles. The summed E-state index contributed by atoms with van der Waals surface area (Å²) in [7, 11) is 0. The van der Waals surface area contributed by atoms with Crippen LogP contribution < -0.4 is 10.1 Å². The Morgan fingerprint density at radius 1 is 1.23 bits per heavy atom. The zero-order valence-corrected chi connectivity index (χ0v) is 16.1. The van der Waals surface area contributed by atoms with Crippen molar-refractivity contribution in [2.24, 2.45) is 5.41 Å². The highest BCUT2D eigenvalue weighted by atomic mass is 79.9. The lowest BCUT2D eigenvalue weighted by Crippen LogP contribution is -2.47. The van der Waals surface area contributed by atoms with Crippen LogP contribution in [0.1, 0.15) is 53.5 Å². The molecule has 1 amide bonds. The molecule has 1 rings (SSSR count). The van der Waals surface area contributed by atoms with Crippen LogP contribution in [-0.2, 0) is 11.2 Å². The summed E-state index contributed by atoms with van der Waals surface area (Å²) in [6, 6.07) is 5.94. The van der Waals surface area contributed by atoms with Crippen molar-refractivity contribution >= 4 is 21.8 Å². The lowest BCUT2D eigenvalue weighted by atomic mass is 9.82. The lowest BCUT2D eigenvalue weighted by Gasteiger charge is -2.33. The van der Waals surface area contributed by atoms with Crippen molar-refractivity contribution in [3.63, 3.8) is 0 Å². The number of halogens is 1. The molecule has 0 aliphatic heterocycles. The summed E-state index contributed by atoms with van der Waals surface area (Å²) in [6.07, 6.45) is 1.88. The van der Waals surface area contributed by atoms with E-state index in [1.54, 1.807) is 0 Å².